The second-order valence-electron chi connectivity index (χ2n) is 17.1. The van der Waals surface area contributed by atoms with Crippen molar-refractivity contribution in [2.75, 3.05) is 29.8 Å². The zero-order chi connectivity index (χ0) is 38.9. The summed E-state index contributed by atoms with van der Waals surface area (Å²) in [6.45, 7) is 22.1. The topological polar surface area (TPSA) is 131 Å². The molecule has 284 valence electrons. The summed E-state index contributed by atoms with van der Waals surface area (Å²) in [4.78, 5) is 37.1. The smallest absolute Gasteiger partial charge is 0.264 e. The molecule has 53 heavy (non-hydrogen) atoms. The molecule has 1 amide bonds. The van der Waals surface area contributed by atoms with Gasteiger partial charge in [0.05, 0.1) is 41.3 Å². The second kappa shape index (κ2) is 15.4. The minimum absolute atomic E-state index is 0.0790. The molecule has 2 aromatic heterocycles. The number of carbonyl (C=O) groups excluding carboxylic acids is 1. The van der Waals surface area contributed by atoms with E-state index in [0.717, 1.165) is 35.3 Å². The Labute approximate surface area is 315 Å². The van der Waals surface area contributed by atoms with Crippen molar-refractivity contribution in [1.29, 1.82) is 0 Å². The SMILES string of the molecule is Cc1cccc(CC(C)C)c1-c1nc2nc(c1C)OC[C@@H](CC(C)(C)C)N(Cc1ncc(N(C)CC(C)(C)C)cn1)C(=O)c1cccc(c1)S(=O)(=O)N2. The molecule has 0 radical (unpaired) electrons. The highest BCUT2D eigenvalue weighted by Crippen LogP contribution is 2.36. The van der Waals surface area contributed by atoms with Crippen LogP contribution in [0.25, 0.3) is 11.3 Å². The van der Waals surface area contributed by atoms with Gasteiger partial charge in [-0.25, -0.2) is 28.1 Å². The van der Waals surface area contributed by atoms with E-state index in [2.05, 4.69) is 76.1 Å². The summed E-state index contributed by atoms with van der Waals surface area (Å²) in [6, 6.07) is 11.7. The molecule has 0 fully saturated rings. The van der Waals surface area contributed by atoms with E-state index in [0.29, 0.717) is 29.4 Å². The van der Waals surface area contributed by atoms with Crippen LogP contribution in [-0.4, -0.2) is 65.4 Å². The number of nitrogens with one attached hydrogen (secondary N) is 1. The van der Waals surface area contributed by atoms with Gasteiger partial charge in [-0.1, -0.05) is 79.7 Å². The van der Waals surface area contributed by atoms with E-state index in [1.807, 2.05) is 33.0 Å². The fourth-order valence-electron chi connectivity index (χ4n) is 6.83. The summed E-state index contributed by atoms with van der Waals surface area (Å²) >= 11 is 0. The van der Waals surface area contributed by atoms with Gasteiger partial charge in [0, 0.05) is 30.3 Å². The molecule has 1 atom stereocenters. The zero-order valence-electron chi connectivity index (χ0n) is 33.1. The molecule has 1 aliphatic heterocycles. The molecule has 1 N–H and O–H groups in total. The molecule has 1 aliphatic rings. The van der Waals surface area contributed by atoms with Crippen molar-refractivity contribution in [2.45, 2.75) is 99.6 Å². The number of benzene rings is 2. The first-order chi connectivity index (χ1) is 24.7. The van der Waals surface area contributed by atoms with Gasteiger partial charge < -0.3 is 14.5 Å². The summed E-state index contributed by atoms with van der Waals surface area (Å²) in [5.74, 6) is 0.618. The lowest BCUT2D eigenvalue weighted by atomic mass is 9.87. The fraction of sp³-hybridized carbons (Fsp3) is 0.488. The number of sulfonamides is 1. The van der Waals surface area contributed by atoms with E-state index >= 15 is 0 Å². The number of fused-ring (bicyclic) bond motifs is 4. The van der Waals surface area contributed by atoms with Gasteiger partial charge in [0.2, 0.25) is 11.8 Å². The fourth-order valence-corrected chi connectivity index (χ4v) is 7.82. The Kier molecular flexibility index (Phi) is 11.5. The Balaban J connectivity index is 1.65. The van der Waals surface area contributed by atoms with Crippen LogP contribution in [0.5, 0.6) is 5.88 Å². The van der Waals surface area contributed by atoms with E-state index in [9.17, 15) is 13.2 Å². The molecule has 5 rings (SSSR count). The molecule has 11 nitrogen and oxygen atoms in total. The summed E-state index contributed by atoms with van der Waals surface area (Å²) in [5, 5.41) is 0. The van der Waals surface area contributed by atoms with Crippen molar-refractivity contribution >= 4 is 27.6 Å². The monoisotopic (exact) mass is 741 g/mol. The molecule has 4 aromatic rings. The predicted molar refractivity (Wildman–Crippen MR) is 211 cm³/mol. The van der Waals surface area contributed by atoms with Crippen molar-refractivity contribution in [1.82, 2.24) is 24.8 Å². The normalized spacial score (nSPS) is 16.3. The largest absolute Gasteiger partial charge is 0.475 e. The summed E-state index contributed by atoms with van der Waals surface area (Å²) < 4.78 is 37.0. The maximum Gasteiger partial charge on any atom is 0.264 e. The first kappa shape index (κ1) is 39.6. The molecular formula is C41H55N7O4S. The number of hydrogen-bond acceptors (Lipinski definition) is 9. The lowest BCUT2D eigenvalue weighted by Crippen LogP contribution is -2.45. The van der Waals surface area contributed by atoms with Gasteiger partial charge >= 0.3 is 0 Å². The van der Waals surface area contributed by atoms with E-state index in [4.69, 9.17) is 19.7 Å². The molecule has 0 saturated heterocycles. The van der Waals surface area contributed by atoms with Gasteiger partial charge in [0.1, 0.15) is 12.4 Å². The molecule has 0 saturated carbocycles. The van der Waals surface area contributed by atoms with Gasteiger partial charge in [-0.15, -0.1) is 0 Å². The van der Waals surface area contributed by atoms with E-state index in [-0.39, 0.29) is 52.2 Å². The maximum atomic E-state index is 14.6. The Bertz CT molecular complexity index is 2050. The van der Waals surface area contributed by atoms with E-state index < -0.39 is 16.1 Å². The van der Waals surface area contributed by atoms with Crippen LogP contribution in [0.3, 0.4) is 0 Å². The standard InChI is InChI=1S/C41H55N7O4S/c1-26(2)18-29-15-12-14-27(3)35(29)36-28(4)37-45-39(44-36)46-53(50,51)33-17-13-16-30(19-33)38(49)48(31(24-52-37)20-40(5,6)7)23-34-42-21-32(22-43-34)47(11)25-41(8,9)10/h12-17,19,21-22,26,31H,18,20,23-25H2,1-11H3,(H,44,45,46)/t31-/m1/s1. The van der Waals surface area contributed by atoms with Gasteiger partial charge in [0.25, 0.3) is 15.9 Å². The van der Waals surface area contributed by atoms with Crippen LogP contribution >= 0.6 is 0 Å². The first-order valence-electron chi connectivity index (χ1n) is 18.3. The third-order valence-corrected chi connectivity index (χ3v) is 10.4. The number of aryl methyl sites for hydroxylation is 1. The average molecular weight is 742 g/mol. The van der Waals surface area contributed by atoms with E-state index in [1.165, 1.54) is 12.1 Å². The third-order valence-electron chi connectivity index (χ3n) is 9.06. The van der Waals surface area contributed by atoms with Crippen molar-refractivity contribution in [3.63, 3.8) is 0 Å². The second-order valence-corrected chi connectivity index (χ2v) is 18.8. The number of rotatable bonds is 8. The summed E-state index contributed by atoms with van der Waals surface area (Å²) in [7, 11) is -2.20. The maximum absolute atomic E-state index is 14.6. The number of hydrogen-bond donors (Lipinski definition) is 1. The molecule has 4 bridgehead atoms. The van der Waals surface area contributed by atoms with Crippen LogP contribution in [0.15, 0.2) is 59.8 Å². The van der Waals surface area contributed by atoms with Gasteiger partial charge in [-0.3, -0.25) is 4.79 Å². The number of carbonyl (C=O) groups is 1. The number of nitrogens with zero attached hydrogens (tertiary/aromatic N) is 6. The Hall–Kier alpha value is -4.58. The molecule has 0 spiro atoms. The Morgan fingerprint density at radius 1 is 0.981 bits per heavy atom. The van der Waals surface area contributed by atoms with E-state index in [1.54, 1.807) is 29.4 Å². The number of amides is 1. The zero-order valence-corrected chi connectivity index (χ0v) is 33.9. The predicted octanol–water partition coefficient (Wildman–Crippen LogP) is 7.87. The number of aromatic nitrogens is 4. The third kappa shape index (κ3) is 9.90. The molecule has 2 aromatic carbocycles. The van der Waals surface area contributed by atoms with Crippen LogP contribution in [0.4, 0.5) is 11.6 Å². The van der Waals surface area contributed by atoms with Crippen molar-refractivity contribution < 1.29 is 17.9 Å². The molecule has 3 heterocycles. The highest BCUT2D eigenvalue weighted by molar-refractivity contribution is 7.92. The quantitative estimate of drug-likeness (QED) is 0.192. The molecule has 0 aliphatic carbocycles. The highest BCUT2D eigenvalue weighted by atomic mass is 32.2. The highest BCUT2D eigenvalue weighted by Gasteiger charge is 2.33. The van der Waals surface area contributed by atoms with Crippen LogP contribution in [0.1, 0.15) is 94.7 Å². The van der Waals surface area contributed by atoms with Gasteiger partial charge in [0.15, 0.2) is 0 Å². The van der Waals surface area contributed by atoms with Crippen LogP contribution in [-0.2, 0) is 23.0 Å². The minimum Gasteiger partial charge on any atom is -0.475 e. The molecule has 12 heteroatoms. The number of anilines is 2. The van der Waals surface area contributed by atoms with Crippen LogP contribution in [0.2, 0.25) is 0 Å². The number of ether oxygens (including phenoxy) is 1. The van der Waals surface area contributed by atoms with Crippen molar-refractivity contribution in [3.8, 4) is 17.1 Å². The van der Waals surface area contributed by atoms with Crippen molar-refractivity contribution in [2.24, 2.45) is 16.7 Å². The molecule has 0 unspecified atom stereocenters. The Morgan fingerprint density at radius 3 is 2.30 bits per heavy atom. The summed E-state index contributed by atoms with van der Waals surface area (Å²) in [6.07, 6.45) is 4.94. The minimum atomic E-state index is -4.21. The lowest BCUT2D eigenvalue weighted by molar-refractivity contribution is 0.0504. The molecular weight excluding hydrogens is 687 g/mol. The van der Waals surface area contributed by atoms with Crippen LogP contribution in [0, 0.1) is 30.6 Å². The van der Waals surface area contributed by atoms with Crippen LogP contribution < -0.4 is 14.4 Å². The summed E-state index contributed by atoms with van der Waals surface area (Å²) in [5.41, 5.74) is 5.26. The lowest BCUT2D eigenvalue weighted by Gasteiger charge is -2.35. The van der Waals surface area contributed by atoms with Crippen molar-refractivity contribution in [3.05, 3.63) is 82.9 Å². The van der Waals surface area contributed by atoms with Gasteiger partial charge in [-0.05, 0) is 72.8 Å². The average Bonchev–Trinajstić information content (AvgIpc) is 3.05. The Morgan fingerprint density at radius 2 is 1.66 bits per heavy atom. The van der Waals surface area contributed by atoms with Gasteiger partial charge in [-0.2, -0.15) is 4.98 Å². The first-order valence-corrected chi connectivity index (χ1v) is 19.8.